The molecule has 1 heterocycles. The van der Waals surface area contributed by atoms with Crippen LogP contribution in [0.2, 0.25) is 0 Å². The molecule has 0 radical (unpaired) electrons. The summed E-state index contributed by atoms with van der Waals surface area (Å²) in [5.41, 5.74) is 1.79. The van der Waals surface area contributed by atoms with Crippen LogP contribution in [-0.4, -0.2) is 22.5 Å². The number of carbonyl (C=O) groups is 1. The van der Waals surface area contributed by atoms with Crippen LogP contribution in [0.15, 0.2) is 22.5 Å². The standard InChI is InChI=1S/C10H9BrN2OS2/c1-15-10-13-7-3-2-6(4-8(7)16-10)12-9(14)5-11/h2-4H,5H2,1H3,(H,12,14). The zero-order valence-electron chi connectivity index (χ0n) is 8.49. The summed E-state index contributed by atoms with van der Waals surface area (Å²) in [6.45, 7) is 0. The third-order valence-electron chi connectivity index (χ3n) is 1.95. The van der Waals surface area contributed by atoms with Gasteiger partial charge in [-0.1, -0.05) is 27.7 Å². The summed E-state index contributed by atoms with van der Waals surface area (Å²) in [6, 6.07) is 5.75. The molecule has 16 heavy (non-hydrogen) atoms. The summed E-state index contributed by atoms with van der Waals surface area (Å²) in [5.74, 6) is -0.0473. The van der Waals surface area contributed by atoms with Crippen LogP contribution in [0.4, 0.5) is 5.69 Å². The molecule has 1 aromatic heterocycles. The van der Waals surface area contributed by atoms with Crippen LogP contribution in [0, 0.1) is 0 Å². The van der Waals surface area contributed by atoms with Crippen LogP contribution in [0.25, 0.3) is 10.2 Å². The van der Waals surface area contributed by atoms with Crippen molar-refractivity contribution >= 4 is 60.8 Å². The number of amides is 1. The first-order valence-electron chi connectivity index (χ1n) is 4.53. The molecule has 0 saturated heterocycles. The smallest absolute Gasteiger partial charge is 0.235 e. The van der Waals surface area contributed by atoms with Gasteiger partial charge >= 0.3 is 0 Å². The zero-order chi connectivity index (χ0) is 11.5. The molecule has 6 heteroatoms. The average molecular weight is 317 g/mol. The second-order valence-electron chi connectivity index (χ2n) is 3.05. The molecule has 0 aliphatic carbocycles. The molecule has 0 saturated carbocycles. The van der Waals surface area contributed by atoms with E-state index < -0.39 is 0 Å². The Kier molecular flexibility index (Phi) is 3.83. The van der Waals surface area contributed by atoms with E-state index in [2.05, 4.69) is 26.2 Å². The predicted molar refractivity (Wildman–Crippen MR) is 73.8 cm³/mol. The number of anilines is 1. The molecule has 0 aliphatic rings. The van der Waals surface area contributed by atoms with E-state index in [1.807, 2.05) is 24.5 Å². The monoisotopic (exact) mass is 316 g/mol. The highest BCUT2D eigenvalue weighted by Gasteiger charge is 2.05. The lowest BCUT2D eigenvalue weighted by Crippen LogP contribution is -2.11. The van der Waals surface area contributed by atoms with Gasteiger partial charge in [-0.2, -0.15) is 0 Å². The van der Waals surface area contributed by atoms with Crippen LogP contribution in [0.3, 0.4) is 0 Å². The van der Waals surface area contributed by atoms with E-state index in [0.717, 1.165) is 20.2 Å². The highest BCUT2D eigenvalue weighted by Crippen LogP contribution is 2.29. The molecular formula is C10H9BrN2OS2. The second-order valence-corrected chi connectivity index (χ2v) is 5.69. The van der Waals surface area contributed by atoms with Crippen molar-refractivity contribution < 1.29 is 4.79 Å². The molecule has 0 unspecified atom stereocenters. The van der Waals surface area contributed by atoms with Crippen LogP contribution in [-0.2, 0) is 4.79 Å². The van der Waals surface area contributed by atoms with Gasteiger partial charge < -0.3 is 5.32 Å². The Morgan fingerprint density at radius 2 is 2.44 bits per heavy atom. The van der Waals surface area contributed by atoms with E-state index in [1.54, 1.807) is 23.1 Å². The number of halogens is 1. The topological polar surface area (TPSA) is 42.0 Å². The van der Waals surface area contributed by atoms with Crippen molar-refractivity contribution in [3.05, 3.63) is 18.2 Å². The number of carbonyl (C=O) groups excluding carboxylic acids is 1. The molecule has 0 bridgehead atoms. The molecule has 0 fully saturated rings. The number of hydrogen-bond donors (Lipinski definition) is 1. The number of nitrogens with zero attached hydrogens (tertiary/aromatic N) is 1. The van der Waals surface area contributed by atoms with Crippen molar-refractivity contribution in [3.8, 4) is 0 Å². The Balaban J connectivity index is 2.32. The summed E-state index contributed by atoms with van der Waals surface area (Å²) >= 11 is 6.38. The molecule has 0 aliphatic heterocycles. The maximum Gasteiger partial charge on any atom is 0.235 e. The van der Waals surface area contributed by atoms with Gasteiger partial charge in [0.15, 0.2) is 4.34 Å². The molecule has 1 N–H and O–H groups in total. The van der Waals surface area contributed by atoms with E-state index in [-0.39, 0.29) is 5.91 Å². The summed E-state index contributed by atoms with van der Waals surface area (Å²) in [4.78, 5) is 15.6. The van der Waals surface area contributed by atoms with Crippen molar-refractivity contribution in [3.63, 3.8) is 0 Å². The number of benzene rings is 1. The number of thiazole rings is 1. The predicted octanol–water partition coefficient (Wildman–Crippen LogP) is 3.35. The maximum absolute atomic E-state index is 11.2. The van der Waals surface area contributed by atoms with Gasteiger partial charge in [-0.05, 0) is 24.5 Å². The fraction of sp³-hybridized carbons (Fsp3) is 0.200. The number of thioether (sulfide) groups is 1. The zero-order valence-corrected chi connectivity index (χ0v) is 11.7. The Morgan fingerprint density at radius 1 is 1.62 bits per heavy atom. The van der Waals surface area contributed by atoms with Gasteiger partial charge in [-0.3, -0.25) is 4.79 Å². The van der Waals surface area contributed by atoms with Gasteiger partial charge in [0, 0.05) is 5.69 Å². The van der Waals surface area contributed by atoms with Gasteiger partial charge in [0.1, 0.15) is 0 Å². The molecule has 2 rings (SSSR count). The first-order valence-corrected chi connectivity index (χ1v) is 7.69. The lowest BCUT2D eigenvalue weighted by Gasteiger charge is -2.01. The minimum Gasteiger partial charge on any atom is -0.325 e. The summed E-state index contributed by atoms with van der Waals surface area (Å²) in [6.07, 6.45) is 2.01. The van der Waals surface area contributed by atoms with Crippen LogP contribution in [0.5, 0.6) is 0 Å². The lowest BCUT2D eigenvalue weighted by atomic mass is 10.3. The van der Waals surface area contributed by atoms with Crippen molar-refractivity contribution in [2.45, 2.75) is 4.34 Å². The van der Waals surface area contributed by atoms with E-state index in [1.165, 1.54) is 0 Å². The van der Waals surface area contributed by atoms with Gasteiger partial charge in [-0.15, -0.1) is 11.3 Å². The third-order valence-corrected chi connectivity index (χ3v) is 4.46. The Labute approximate surface area is 110 Å². The number of fused-ring (bicyclic) bond motifs is 1. The van der Waals surface area contributed by atoms with E-state index in [4.69, 9.17) is 0 Å². The molecular weight excluding hydrogens is 308 g/mol. The van der Waals surface area contributed by atoms with Gasteiger partial charge in [0.25, 0.3) is 0 Å². The average Bonchev–Trinajstić information content (AvgIpc) is 2.71. The second kappa shape index (κ2) is 5.16. The Bertz CT molecular complexity index is 527. The molecule has 3 nitrogen and oxygen atoms in total. The van der Waals surface area contributed by atoms with Gasteiger partial charge in [-0.25, -0.2) is 4.98 Å². The summed E-state index contributed by atoms with van der Waals surface area (Å²) < 4.78 is 2.13. The molecule has 0 atom stereocenters. The lowest BCUT2D eigenvalue weighted by molar-refractivity contribution is -0.113. The highest BCUT2D eigenvalue weighted by atomic mass is 79.9. The maximum atomic E-state index is 11.2. The van der Waals surface area contributed by atoms with Crippen molar-refractivity contribution in [1.82, 2.24) is 4.98 Å². The van der Waals surface area contributed by atoms with Crippen LogP contribution >= 0.6 is 39.0 Å². The van der Waals surface area contributed by atoms with Crippen molar-refractivity contribution in [1.29, 1.82) is 0 Å². The Hall–Kier alpha value is -0.590. The quantitative estimate of drug-likeness (QED) is 0.697. The summed E-state index contributed by atoms with van der Waals surface area (Å²) in [5, 5.41) is 3.11. The van der Waals surface area contributed by atoms with E-state index in [0.29, 0.717) is 5.33 Å². The molecule has 84 valence electrons. The first-order chi connectivity index (χ1) is 7.72. The summed E-state index contributed by atoms with van der Waals surface area (Å²) in [7, 11) is 0. The fourth-order valence-corrected chi connectivity index (χ4v) is 2.93. The number of rotatable bonds is 3. The highest BCUT2D eigenvalue weighted by molar-refractivity contribution is 9.09. The van der Waals surface area contributed by atoms with Crippen LogP contribution in [0.1, 0.15) is 0 Å². The van der Waals surface area contributed by atoms with Crippen molar-refractivity contribution in [2.24, 2.45) is 0 Å². The van der Waals surface area contributed by atoms with Crippen molar-refractivity contribution in [2.75, 3.05) is 16.9 Å². The van der Waals surface area contributed by atoms with Gasteiger partial charge in [0.2, 0.25) is 5.91 Å². The normalized spacial score (nSPS) is 10.6. The fourth-order valence-electron chi connectivity index (χ4n) is 1.26. The Morgan fingerprint density at radius 3 is 3.12 bits per heavy atom. The molecule has 1 amide bonds. The largest absolute Gasteiger partial charge is 0.325 e. The van der Waals surface area contributed by atoms with E-state index >= 15 is 0 Å². The van der Waals surface area contributed by atoms with Gasteiger partial charge in [0.05, 0.1) is 15.5 Å². The SMILES string of the molecule is CSc1nc2ccc(NC(=O)CBr)cc2s1. The minimum absolute atomic E-state index is 0.0473. The van der Waals surface area contributed by atoms with E-state index in [9.17, 15) is 4.79 Å². The molecule has 1 aromatic carbocycles. The number of alkyl halides is 1. The minimum atomic E-state index is -0.0473. The third kappa shape index (κ3) is 2.56. The first kappa shape index (κ1) is 11.9. The number of nitrogens with one attached hydrogen (secondary N) is 1. The molecule has 2 aromatic rings. The van der Waals surface area contributed by atoms with Crippen LogP contribution < -0.4 is 5.32 Å². The number of hydrogen-bond acceptors (Lipinski definition) is 4. The molecule has 0 spiro atoms. The number of aromatic nitrogens is 1.